The molecule has 1 amide bonds. The predicted molar refractivity (Wildman–Crippen MR) is 80.0 cm³/mol. The van der Waals surface area contributed by atoms with Gasteiger partial charge in [-0.2, -0.15) is 0 Å². The van der Waals surface area contributed by atoms with Crippen LogP contribution in [0, 0.1) is 0 Å². The Balaban J connectivity index is 2.57. The van der Waals surface area contributed by atoms with E-state index in [0.717, 1.165) is 0 Å². The molecule has 0 aliphatic carbocycles. The molecule has 0 saturated carbocycles. The number of carbonyl (C=O) groups excluding carboxylic acids is 1. The van der Waals surface area contributed by atoms with Crippen LogP contribution in [0.3, 0.4) is 0 Å². The largest absolute Gasteiger partial charge is 0.484 e. The molecule has 0 aliphatic heterocycles. The van der Waals surface area contributed by atoms with Crippen LogP contribution >= 0.6 is 0 Å². The van der Waals surface area contributed by atoms with E-state index in [-0.39, 0.29) is 19.1 Å². The molecule has 0 aromatic heterocycles. The third-order valence-corrected chi connectivity index (χ3v) is 3.58. The SMILES string of the molecule is CC(C)c1ccc(OCC(=O)N(C)C(C)(C)CO)cc1. The molecule has 0 fully saturated rings. The number of aliphatic hydroxyl groups excluding tert-OH is 1. The molecule has 4 nitrogen and oxygen atoms in total. The summed E-state index contributed by atoms with van der Waals surface area (Å²) < 4.78 is 5.49. The molecule has 112 valence electrons. The van der Waals surface area contributed by atoms with E-state index in [0.29, 0.717) is 11.7 Å². The number of hydrogen-bond acceptors (Lipinski definition) is 3. The van der Waals surface area contributed by atoms with Crippen LogP contribution in [-0.4, -0.2) is 41.7 Å². The third kappa shape index (κ3) is 4.23. The Morgan fingerprint density at radius 2 is 1.85 bits per heavy atom. The minimum absolute atomic E-state index is 0.0268. The van der Waals surface area contributed by atoms with Gasteiger partial charge in [0.1, 0.15) is 5.75 Å². The summed E-state index contributed by atoms with van der Waals surface area (Å²) in [6.45, 7) is 7.76. The first-order valence-corrected chi connectivity index (χ1v) is 6.88. The van der Waals surface area contributed by atoms with Gasteiger partial charge in [0, 0.05) is 7.05 Å². The molecule has 0 radical (unpaired) electrons. The monoisotopic (exact) mass is 279 g/mol. The first kappa shape index (κ1) is 16.5. The molecule has 4 heteroatoms. The van der Waals surface area contributed by atoms with Gasteiger partial charge >= 0.3 is 0 Å². The number of benzene rings is 1. The number of carbonyl (C=O) groups is 1. The van der Waals surface area contributed by atoms with Crippen LogP contribution in [-0.2, 0) is 4.79 Å². The zero-order valence-electron chi connectivity index (χ0n) is 13.0. The van der Waals surface area contributed by atoms with Crippen molar-refractivity contribution in [2.24, 2.45) is 0 Å². The van der Waals surface area contributed by atoms with Crippen LogP contribution in [0.25, 0.3) is 0 Å². The summed E-state index contributed by atoms with van der Waals surface area (Å²) in [5.41, 5.74) is 0.657. The standard InChI is InChI=1S/C16H25NO3/c1-12(2)13-6-8-14(9-7-13)20-10-15(19)17(5)16(3,4)11-18/h6-9,12,18H,10-11H2,1-5H3. The second-order valence-electron chi connectivity index (χ2n) is 5.94. The molecule has 1 aromatic carbocycles. The molecule has 1 aromatic rings. The first-order chi connectivity index (χ1) is 9.27. The van der Waals surface area contributed by atoms with Crippen LogP contribution in [0.4, 0.5) is 0 Å². The van der Waals surface area contributed by atoms with Crippen LogP contribution in [0.1, 0.15) is 39.2 Å². The third-order valence-electron chi connectivity index (χ3n) is 3.58. The number of hydrogen-bond donors (Lipinski definition) is 1. The topological polar surface area (TPSA) is 49.8 Å². The van der Waals surface area contributed by atoms with Gasteiger partial charge in [-0.05, 0) is 37.5 Å². The van der Waals surface area contributed by atoms with Crippen molar-refractivity contribution in [3.05, 3.63) is 29.8 Å². The molecular weight excluding hydrogens is 254 g/mol. The van der Waals surface area contributed by atoms with Crippen molar-refractivity contribution in [2.45, 2.75) is 39.2 Å². The highest BCUT2D eigenvalue weighted by atomic mass is 16.5. The molecule has 0 atom stereocenters. The van der Waals surface area contributed by atoms with E-state index in [1.807, 2.05) is 38.1 Å². The fourth-order valence-corrected chi connectivity index (χ4v) is 1.63. The zero-order chi connectivity index (χ0) is 15.3. The van der Waals surface area contributed by atoms with Gasteiger partial charge in [0.2, 0.25) is 0 Å². The zero-order valence-corrected chi connectivity index (χ0v) is 13.0. The molecule has 0 bridgehead atoms. The van der Waals surface area contributed by atoms with Crippen molar-refractivity contribution in [2.75, 3.05) is 20.3 Å². The summed E-state index contributed by atoms with van der Waals surface area (Å²) in [5.74, 6) is 0.997. The number of rotatable bonds is 6. The van der Waals surface area contributed by atoms with E-state index in [9.17, 15) is 9.90 Å². The van der Waals surface area contributed by atoms with Crippen molar-refractivity contribution < 1.29 is 14.6 Å². The molecule has 0 saturated heterocycles. The Kier molecular flexibility index (Phi) is 5.57. The fourth-order valence-electron chi connectivity index (χ4n) is 1.63. The smallest absolute Gasteiger partial charge is 0.260 e. The lowest BCUT2D eigenvalue weighted by Crippen LogP contribution is -2.49. The van der Waals surface area contributed by atoms with Gasteiger partial charge in [-0.1, -0.05) is 26.0 Å². The summed E-state index contributed by atoms with van der Waals surface area (Å²) >= 11 is 0. The summed E-state index contributed by atoms with van der Waals surface area (Å²) in [4.78, 5) is 13.5. The second kappa shape index (κ2) is 6.75. The highest BCUT2D eigenvalue weighted by molar-refractivity contribution is 5.78. The van der Waals surface area contributed by atoms with Crippen LogP contribution in [0.2, 0.25) is 0 Å². The molecular formula is C16H25NO3. The Morgan fingerprint density at radius 3 is 2.30 bits per heavy atom. The average molecular weight is 279 g/mol. The molecule has 20 heavy (non-hydrogen) atoms. The molecule has 0 unspecified atom stereocenters. The van der Waals surface area contributed by atoms with Crippen molar-refractivity contribution in [1.82, 2.24) is 4.90 Å². The molecule has 1 rings (SSSR count). The summed E-state index contributed by atoms with van der Waals surface area (Å²) in [6, 6.07) is 7.76. The van der Waals surface area contributed by atoms with E-state index in [4.69, 9.17) is 4.74 Å². The van der Waals surface area contributed by atoms with E-state index < -0.39 is 5.54 Å². The van der Waals surface area contributed by atoms with Crippen molar-refractivity contribution in [3.8, 4) is 5.75 Å². The number of likely N-dealkylation sites (N-methyl/N-ethyl adjacent to an activating group) is 1. The maximum atomic E-state index is 12.0. The van der Waals surface area contributed by atoms with Crippen LogP contribution < -0.4 is 4.74 Å². The Bertz CT molecular complexity index is 438. The van der Waals surface area contributed by atoms with E-state index in [1.54, 1.807) is 7.05 Å². The highest BCUT2D eigenvalue weighted by Gasteiger charge is 2.26. The van der Waals surface area contributed by atoms with E-state index in [1.165, 1.54) is 10.5 Å². The summed E-state index contributed by atoms with van der Waals surface area (Å²) in [6.07, 6.45) is 0. The second-order valence-corrected chi connectivity index (χ2v) is 5.94. The lowest BCUT2D eigenvalue weighted by atomic mass is 10.0. The van der Waals surface area contributed by atoms with Crippen molar-refractivity contribution in [3.63, 3.8) is 0 Å². The molecule has 0 heterocycles. The van der Waals surface area contributed by atoms with Gasteiger partial charge in [0.15, 0.2) is 6.61 Å². The normalized spacial score (nSPS) is 11.6. The van der Waals surface area contributed by atoms with Crippen LogP contribution in [0.5, 0.6) is 5.75 Å². The molecule has 0 spiro atoms. The van der Waals surface area contributed by atoms with Crippen LogP contribution in [0.15, 0.2) is 24.3 Å². The Morgan fingerprint density at radius 1 is 1.30 bits per heavy atom. The minimum atomic E-state index is -0.581. The highest BCUT2D eigenvalue weighted by Crippen LogP contribution is 2.19. The van der Waals surface area contributed by atoms with Gasteiger partial charge in [0.05, 0.1) is 12.1 Å². The van der Waals surface area contributed by atoms with E-state index >= 15 is 0 Å². The minimum Gasteiger partial charge on any atom is -0.484 e. The van der Waals surface area contributed by atoms with Gasteiger partial charge in [-0.25, -0.2) is 0 Å². The Hall–Kier alpha value is -1.55. The summed E-state index contributed by atoms with van der Waals surface area (Å²) in [7, 11) is 1.67. The maximum absolute atomic E-state index is 12.0. The van der Waals surface area contributed by atoms with Gasteiger partial charge in [0.25, 0.3) is 5.91 Å². The number of aliphatic hydroxyl groups is 1. The summed E-state index contributed by atoms with van der Waals surface area (Å²) in [5, 5.41) is 9.25. The first-order valence-electron chi connectivity index (χ1n) is 6.88. The van der Waals surface area contributed by atoms with Gasteiger partial charge in [-0.15, -0.1) is 0 Å². The van der Waals surface area contributed by atoms with Crippen molar-refractivity contribution in [1.29, 1.82) is 0 Å². The quantitative estimate of drug-likeness (QED) is 0.870. The molecule has 0 aliphatic rings. The van der Waals surface area contributed by atoms with Crippen molar-refractivity contribution >= 4 is 5.91 Å². The number of ether oxygens (including phenoxy) is 1. The number of nitrogens with zero attached hydrogens (tertiary/aromatic N) is 1. The number of amides is 1. The fraction of sp³-hybridized carbons (Fsp3) is 0.562. The van der Waals surface area contributed by atoms with E-state index in [2.05, 4.69) is 13.8 Å². The van der Waals surface area contributed by atoms with Gasteiger partial charge in [-0.3, -0.25) is 4.79 Å². The lowest BCUT2D eigenvalue weighted by Gasteiger charge is -2.33. The predicted octanol–water partition coefficient (Wildman–Crippen LogP) is 2.42. The van der Waals surface area contributed by atoms with Gasteiger partial charge < -0.3 is 14.7 Å². The maximum Gasteiger partial charge on any atom is 0.260 e. The lowest BCUT2D eigenvalue weighted by molar-refractivity contribution is -0.138. The molecule has 1 N–H and O–H groups in total. The average Bonchev–Trinajstić information content (AvgIpc) is 2.44. The Labute approximate surface area is 121 Å².